The fourth-order valence-corrected chi connectivity index (χ4v) is 2.51. The summed E-state index contributed by atoms with van der Waals surface area (Å²) in [5, 5.41) is 15.2. The van der Waals surface area contributed by atoms with Gasteiger partial charge in [-0.25, -0.2) is 0 Å². The number of hydrogen-bond donors (Lipinski definition) is 2. The smallest absolute Gasteiger partial charge is 0.244 e. The number of rotatable bonds is 7. The molecular weight excluding hydrogens is 334 g/mol. The first kappa shape index (κ1) is 17.2. The molecule has 0 aliphatic heterocycles. The second kappa shape index (κ2) is 8.44. The van der Waals surface area contributed by atoms with Gasteiger partial charge in [-0.3, -0.25) is 0 Å². The Labute approximate surface area is 152 Å². The maximum Gasteiger partial charge on any atom is 0.244 e. The molecule has 0 amide bonds. The molecule has 0 fully saturated rings. The first-order valence-electron chi connectivity index (χ1n) is 8.27. The van der Waals surface area contributed by atoms with E-state index in [1.807, 2.05) is 36.4 Å². The van der Waals surface area contributed by atoms with Gasteiger partial charge in [0, 0.05) is 17.3 Å². The van der Waals surface area contributed by atoms with Gasteiger partial charge in [0.2, 0.25) is 5.95 Å². The number of halogens is 1. The largest absolute Gasteiger partial charge is 0.353 e. The summed E-state index contributed by atoms with van der Waals surface area (Å²) >= 11 is 5.89. The molecule has 5 nitrogen and oxygen atoms in total. The summed E-state index contributed by atoms with van der Waals surface area (Å²) in [6.07, 6.45) is 3.49. The van der Waals surface area contributed by atoms with Crippen molar-refractivity contribution < 1.29 is 0 Å². The maximum absolute atomic E-state index is 5.89. The second-order valence-electron chi connectivity index (χ2n) is 5.64. The molecule has 3 rings (SSSR count). The standard InChI is InChI=1S/C19H20ClN5/c1-2-14-5-9-17(10-6-14)23-18-13-22-25-19(24-18)21-12-11-15-3-7-16(20)8-4-15/h3-10,13H,2,11-12H2,1H3,(H2,21,23,24,25). The molecule has 128 valence electrons. The van der Waals surface area contributed by atoms with Crippen molar-refractivity contribution in [1.29, 1.82) is 0 Å². The van der Waals surface area contributed by atoms with Crippen LogP contribution in [-0.4, -0.2) is 21.7 Å². The van der Waals surface area contributed by atoms with Gasteiger partial charge in [-0.15, -0.1) is 5.10 Å². The minimum absolute atomic E-state index is 0.504. The fourth-order valence-electron chi connectivity index (χ4n) is 2.38. The SMILES string of the molecule is CCc1ccc(Nc2cnnc(NCCc3ccc(Cl)cc3)n2)cc1. The molecule has 0 radical (unpaired) electrons. The molecule has 0 aliphatic rings. The van der Waals surface area contributed by atoms with Crippen LogP contribution >= 0.6 is 11.6 Å². The Bertz CT molecular complexity index is 803. The Kier molecular flexibility index (Phi) is 5.80. The van der Waals surface area contributed by atoms with Crippen LogP contribution in [0.4, 0.5) is 17.5 Å². The topological polar surface area (TPSA) is 62.7 Å². The molecular formula is C19H20ClN5. The van der Waals surface area contributed by atoms with Crippen molar-refractivity contribution in [3.05, 3.63) is 70.9 Å². The number of aryl methyl sites for hydroxylation is 1. The van der Waals surface area contributed by atoms with Crippen molar-refractivity contribution in [1.82, 2.24) is 15.2 Å². The number of anilines is 3. The van der Waals surface area contributed by atoms with Crippen LogP contribution in [0.15, 0.2) is 54.7 Å². The molecule has 2 N–H and O–H groups in total. The molecule has 0 saturated heterocycles. The van der Waals surface area contributed by atoms with Gasteiger partial charge in [-0.05, 0) is 48.2 Å². The molecule has 0 spiro atoms. The van der Waals surface area contributed by atoms with E-state index in [2.05, 4.69) is 44.9 Å². The van der Waals surface area contributed by atoms with Gasteiger partial charge in [0.25, 0.3) is 0 Å². The van der Waals surface area contributed by atoms with Crippen molar-refractivity contribution in [3.63, 3.8) is 0 Å². The molecule has 2 aromatic carbocycles. The molecule has 6 heteroatoms. The number of hydrogen-bond acceptors (Lipinski definition) is 5. The molecule has 0 atom stereocenters. The van der Waals surface area contributed by atoms with Gasteiger partial charge in [0.1, 0.15) is 0 Å². The highest BCUT2D eigenvalue weighted by molar-refractivity contribution is 6.30. The van der Waals surface area contributed by atoms with Crippen LogP contribution in [-0.2, 0) is 12.8 Å². The average molecular weight is 354 g/mol. The van der Waals surface area contributed by atoms with Gasteiger partial charge in [0.05, 0.1) is 6.20 Å². The van der Waals surface area contributed by atoms with E-state index >= 15 is 0 Å². The van der Waals surface area contributed by atoms with E-state index in [1.54, 1.807) is 6.20 Å². The van der Waals surface area contributed by atoms with E-state index in [0.29, 0.717) is 11.8 Å². The van der Waals surface area contributed by atoms with E-state index < -0.39 is 0 Å². The normalized spacial score (nSPS) is 10.5. The highest BCUT2D eigenvalue weighted by atomic mass is 35.5. The van der Waals surface area contributed by atoms with E-state index in [9.17, 15) is 0 Å². The quantitative estimate of drug-likeness (QED) is 0.655. The van der Waals surface area contributed by atoms with E-state index in [0.717, 1.165) is 30.1 Å². The lowest BCUT2D eigenvalue weighted by atomic mass is 10.1. The highest BCUT2D eigenvalue weighted by Crippen LogP contribution is 2.15. The number of nitrogens with zero attached hydrogens (tertiary/aromatic N) is 3. The molecule has 0 saturated carbocycles. The van der Waals surface area contributed by atoms with Crippen LogP contribution in [0.1, 0.15) is 18.1 Å². The Morgan fingerprint density at radius 2 is 1.68 bits per heavy atom. The number of benzene rings is 2. The monoisotopic (exact) mass is 353 g/mol. The van der Waals surface area contributed by atoms with Gasteiger partial charge >= 0.3 is 0 Å². The summed E-state index contributed by atoms with van der Waals surface area (Å²) in [5.74, 6) is 1.16. The number of nitrogens with one attached hydrogen (secondary N) is 2. The van der Waals surface area contributed by atoms with E-state index in [1.165, 1.54) is 11.1 Å². The van der Waals surface area contributed by atoms with Crippen molar-refractivity contribution in [2.24, 2.45) is 0 Å². The molecule has 1 aromatic heterocycles. The van der Waals surface area contributed by atoms with Crippen molar-refractivity contribution in [2.75, 3.05) is 17.2 Å². The van der Waals surface area contributed by atoms with Crippen LogP contribution in [0.3, 0.4) is 0 Å². The Hall–Kier alpha value is -2.66. The summed E-state index contributed by atoms with van der Waals surface area (Å²) < 4.78 is 0. The van der Waals surface area contributed by atoms with Crippen LogP contribution in [0.2, 0.25) is 5.02 Å². The molecule has 0 bridgehead atoms. The van der Waals surface area contributed by atoms with Crippen LogP contribution in [0.25, 0.3) is 0 Å². The molecule has 0 aliphatic carbocycles. The van der Waals surface area contributed by atoms with Crippen LogP contribution in [0, 0.1) is 0 Å². The molecule has 0 unspecified atom stereocenters. The van der Waals surface area contributed by atoms with E-state index in [4.69, 9.17) is 11.6 Å². The third kappa shape index (κ3) is 5.16. The van der Waals surface area contributed by atoms with Crippen molar-refractivity contribution >= 4 is 29.1 Å². The lowest BCUT2D eigenvalue weighted by Gasteiger charge is -2.08. The summed E-state index contributed by atoms with van der Waals surface area (Å²) in [5.41, 5.74) is 3.48. The minimum Gasteiger partial charge on any atom is -0.353 e. The lowest BCUT2D eigenvalue weighted by Crippen LogP contribution is -2.09. The second-order valence-corrected chi connectivity index (χ2v) is 6.08. The predicted octanol–water partition coefficient (Wildman–Crippen LogP) is 4.49. The lowest BCUT2D eigenvalue weighted by molar-refractivity contribution is 0.929. The summed E-state index contributed by atoms with van der Waals surface area (Å²) in [6.45, 7) is 2.86. The molecule has 1 heterocycles. The van der Waals surface area contributed by atoms with Gasteiger partial charge in [-0.2, -0.15) is 10.1 Å². The van der Waals surface area contributed by atoms with Crippen molar-refractivity contribution in [2.45, 2.75) is 19.8 Å². The summed E-state index contributed by atoms with van der Waals surface area (Å²) in [6, 6.07) is 16.1. The average Bonchev–Trinajstić information content (AvgIpc) is 2.64. The highest BCUT2D eigenvalue weighted by Gasteiger charge is 2.02. The summed E-state index contributed by atoms with van der Waals surface area (Å²) in [7, 11) is 0. The Morgan fingerprint density at radius 3 is 2.40 bits per heavy atom. The van der Waals surface area contributed by atoms with Gasteiger partial charge in [-0.1, -0.05) is 42.8 Å². The third-order valence-electron chi connectivity index (χ3n) is 3.80. The molecule has 3 aromatic rings. The first-order valence-corrected chi connectivity index (χ1v) is 8.65. The van der Waals surface area contributed by atoms with Crippen molar-refractivity contribution in [3.8, 4) is 0 Å². The van der Waals surface area contributed by atoms with Gasteiger partial charge < -0.3 is 10.6 Å². The van der Waals surface area contributed by atoms with E-state index in [-0.39, 0.29) is 0 Å². The Balaban J connectivity index is 1.56. The first-order chi connectivity index (χ1) is 12.2. The van der Waals surface area contributed by atoms with Crippen LogP contribution < -0.4 is 10.6 Å². The van der Waals surface area contributed by atoms with Crippen LogP contribution in [0.5, 0.6) is 0 Å². The fraction of sp³-hybridized carbons (Fsp3) is 0.211. The zero-order valence-electron chi connectivity index (χ0n) is 14.0. The van der Waals surface area contributed by atoms with Gasteiger partial charge in [0.15, 0.2) is 5.82 Å². The third-order valence-corrected chi connectivity index (χ3v) is 4.06. The number of aromatic nitrogens is 3. The maximum atomic E-state index is 5.89. The minimum atomic E-state index is 0.504. The zero-order chi connectivity index (χ0) is 17.5. The zero-order valence-corrected chi connectivity index (χ0v) is 14.8. The summed E-state index contributed by atoms with van der Waals surface area (Å²) in [4.78, 5) is 4.44. The Morgan fingerprint density at radius 1 is 0.960 bits per heavy atom. The predicted molar refractivity (Wildman–Crippen MR) is 103 cm³/mol. The molecule has 25 heavy (non-hydrogen) atoms.